The highest BCUT2D eigenvalue weighted by molar-refractivity contribution is 5.78. The summed E-state index contributed by atoms with van der Waals surface area (Å²) in [6, 6.07) is 15.7. The van der Waals surface area contributed by atoms with Crippen LogP contribution in [-0.2, 0) is 17.8 Å². The van der Waals surface area contributed by atoms with Crippen LogP contribution in [0, 0.1) is 6.92 Å². The number of hydrogen-bond acceptors (Lipinski definition) is 2. The number of carbonyl (C=O) groups is 1. The average Bonchev–Trinajstić information content (AvgIpc) is 2.79. The molecule has 2 aromatic carbocycles. The molecule has 0 fully saturated rings. The molecule has 4 nitrogen and oxygen atoms in total. The third-order valence-corrected chi connectivity index (χ3v) is 3.64. The first-order chi connectivity index (χ1) is 10.1. The second-order valence-corrected chi connectivity index (χ2v) is 5.10. The van der Waals surface area contributed by atoms with E-state index in [1.165, 1.54) is 11.1 Å². The molecule has 1 aromatic heterocycles. The van der Waals surface area contributed by atoms with Gasteiger partial charge < -0.3 is 9.67 Å². The summed E-state index contributed by atoms with van der Waals surface area (Å²) in [7, 11) is 0. The van der Waals surface area contributed by atoms with E-state index in [0.29, 0.717) is 6.42 Å². The molecule has 0 aliphatic heterocycles. The lowest BCUT2D eigenvalue weighted by Gasteiger charge is -2.08. The molecule has 0 radical (unpaired) electrons. The molecule has 106 valence electrons. The van der Waals surface area contributed by atoms with E-state index in [-0.39, 0.29) is 6.54 Å². The number of hydrogen-bond donors (Lipinski definition) is 1. The van der Waals surface area contributed by atoms with E-state index in [9.17, 15) is 4.79 Å². The lowest BCUT2D eigenvalue weighted by molar-refractivity contribution is -0.137. The number of fused-ring (bicyclic) bond motifs is 1. The number of aromatic nitrogens is 2. The molecular weight excluding hydrogens is 264 g/mol. The number of imidazole rings is 1. The van der Waals surface area contributed by atoms with Crippen molar-refractivity contribution in [3.63, 3.8) is 0 Å². The normalized spacial score (nSPS) is 10.9. The van der Waals surface area contributed by atoms with Crippen molar-refractivity contribution in [3.8, 4) is 0 Å². The van der Waals surface area contributed by atoms with Gasteiger partial charge in [0.2, 0.25) is 0 Å². The molecule has 1 heterocycles. The van der Waals surface area contributed by atoms with Crippen molar-refractivity contribution in [2.24, 2.45) is 0 Å². The minimum atomic E-state index is -0.857. The third-order valence-electron chi connectivity index (χ3n) is 3.64. The molecule has 21 heavy (non-hydrogen) atoms. The van der Waals surface area contributed by atoms with Gasteiger partial charge in [-0.1, -0.05) is 36.4 Å². The number of carboxylic acid groups (broad SMARTS) is 1. The van der Waals surface area contributed by atoms with E-state index in [0.717, 1.165) is 16.9 Å². The highest BCUT2D eigenvalue weighted by Gasteiger charge is 2.13. The van der Waals surface area contributed by atoms with Crippen molar-refractivity contribution in [1.82, 2.24) is 9.55 Å². The highest BCUT2D eigenvalue weighted by Crippen LogP contribution is 2.19. The van der Waals surface area contributed by atoms with Gasteiger partial charge in [0, 0.05) is 6.42 Å². The molecule has 4 heteroatoms. The maximum Gasteiger partial charge on any atom is 0.323 e. The maximum atomic E-state index is 11.1. The van der Waals surface area contributed by atoms with Crippen molar-refractivity contribution >= 4 is 17.0 Å². The first kappa shape index (κ1) is 13.4. The molecule has 0 bridgehead atoms. The van der Waals surface area contributed by atoms with E-state index >= 15 is 0 Å². The van der Waals surface area contributed by atoms with Crippen LogP contribution in [0.25, 0.3) is 11.0 Å². The van der Waals surface area contributed by atoms with Crippen LogP contribution in [0.2, 0.25) is 0 Å². The molecule has 0 spiro atoms. The number of para-hydroxylation sites is 2. The minimum absolute atomic E-state index is 0.0677. The molecule has 3 rings (SSSR count). The van der Waals surface area contributed by atoms with Gasteiger partial charge in [0.25, 0.3) is 0 Å². The maximum absolute atomic E-state index is 11.1. The molecular formula is C17H16N2O2. The lowest BCUT2D eigenvalue weighted by atomic mass is 10.1. The SMILES string of the molecule is Cc1ccccc1Cc1nc2ccccc2n1CC(=O)O. The van der Waals surface area contributed by atoms with Crippen LogP contribution in [0.15, 0.2) is 48.5 Å². The molecule has 3 aromatic rings. The monoisotopic (exact) mass is 280 g/mol. The predicted octanol–water partition coefficient (Wildman–Crippen LogP) is 3.02. The summed E-state index contributed by atoms with van der Waals surface area (Å²) in [5.74, 6) is -0.0721. The Morgan fingerprint density at radius 2 is 1.86 bits per heavy atom. The van der Waals surface area contributed by atoms with Crippen molar-refractivity contribution in [3.05, 3.63) is 65.5 Å². The number of carboxylic acids is 1. The number of aliphatic carboxylic acids is 1. The van der Waals surface area contributed by atoms with Crippen LogP contribution in [-0.4, -0.2) is 20.6 Å². The smallest absolute Gasteiger partial charge is 0.323 e. The van der Waals surface area contributed by atoms with Crippen molar-refractivity contribution < 1.29 is 9.90 Å². The van der Waals surface area contributed by atoms with Crippen molar-refractivity contribution in [2.45, 2.75) is 19.9 Å². The summed E-state index contributed by atoms with van der Waals surface area (Å²) < 4.78 is 1.78. The number of benzene rings is 2. The lowest BCUT2D eigenvalue weighted by Crippen LogP contribution is -2.12. The molecule has 0 aliphatic rings. The fourth-order valence-corrected chi connectivity index (χ4v) is 2.55. The van der Waals surface area contributed by atoms with Gasteiger partial charge in [0.1, 0.15) is 12.4 Å². The fraction of sp³-hybridized carbons (Fsp3) is 0.176. The van der Waals surface area contributed by atoms with Gasteiger partial charge in [-0.3, -0.25) is 4.79 Å². The van der Waals surface area contributed by atoms with Crippen LogP contribution >= 0.6 is 0 Å². The van der Waals surface area contributed by atoms with Gasteiger partial charge in [0.15, 0.2) is 0 Å². The second-order valence-electron chi connectivity index (χ2n) is 5.10. The Labute approximate surface area is 122 Å². The van der Waals surface area contributed by atoms with Gasteiger partial charge in [-0.25, -0.2) is 4.98 Å². The van der Waals surface area contributed by atoms with E-state index in [1.54, 1.807) is 4.57 Å². The Hall–Kier alpha value is -2.62. The summed E-state index contributed by atoms with van der Waals surface area (Å²) in [5, 5.41) is 9.14. The molecule has 0 atom stereocenters. The average molecular weight is 280 g/mol. The van der Waals surface area contributed by atoms with E-state index < -0.39 is 5.97 Å². The molecule has 0 unspecified atom stereocenters. The van der Waals surface area contributed by atoms with Crippen molar-refractivity contribution in [2.75, 3.05) is 0 Å². The molecule has 0 aliphatic carbocycles. The summed E-state index contributed by atoms with van der Waals surface area (Å²) >= 11 is 0. The first-order valence-electron chi connectivity index (χ1n) is 6.85. The van der Waals surface area contributed by atoms with Gasteiger partial charge in [-0.15, -0.1) is 0 Å². The molecule has 0 amide bonds. The zero-order valence-corrected chi connectivity index (χ0v) is 11.8. The zero-order chi connectivity index (χ0) is 14.8. The van der Waals surface area contributed by atoms with Crippen LogP contribution in [0.4, 0.5) is 0 Å². The Balaban J connectivity index is 2.09. The van der Waals surface area contributed by atoms with E-state index in [4.69, 9.17) is 5.11 Å². The molecule has 1 N–H and O–H groups in total. The first-order valence-corrected chi connectivity index (χ1v) is 6.85. The van der Waals surface area contributed by atoms with Gasteiger partial charge in [-0.2, -0.15) is 0 Å². The molecule has 0 saturated carbocycles. The quantitative estimate of drug-likeness (QED) is 0.799. The van der Waals surface area contributed by atoms with E-state index in [1.807, 2.05) is 36.4 Å². The van der Waals surface area contributed by atoms with Gasteiger partial charge >= 0.3 is 5.97 Å². The fourth-order valence-electron chi connectivity index (χ4n) is 2.55. The van der Waals surface area contributed by atoms with Gasteiger partial charge in [0.05, 0.1) is 11.0 Å². The predicted molar refractivity (Wildman–Crippen MR) is 81.4 cm³/mol. The van der Waals surface area contributed by atoms with Crippen LogP contribution in [0.5, 0.6) is 0 Å². The summed E-state index contributed by atoms with van der Waals surface area (Å²) in [4.78, 5) is 15.7. The number of aryl methyl sites for hydroxylation is 1. The summed E-state index contributed by atoms with van der Waals surface area (Å²) in [5.41, 5.74) is 4.05. The highest BCUT2D eigenvalue weighted by atomic mass is 16.4. The van der Waals surface area contributed by atoms with Crippen molar-refractivity contribution in [1.29, 1.82) is 0 Å². The Bertz CT molecular complexity index is 805. The van der Waals surface area contributed by atoms with Gasteiger partial charge in [-0.05, 0) is 30.2 Å². The summed E-state index contributed by atoms with van der Waals surface area (Å²) in [6.07, 6.45) is 0.634. The van der Waals surface area contributed by atoms with E-state index in [2.05, 4.69) is 24.0 Å². The second kappa shape index (κ2) is 5.40. The summed E-state index contributed by atoms with van der Waals surface area (Å²) in [6.45, 7) is 1.99. The van der Waals surface area contributed by atoms with Crippen LogP contribution in [0.3, 0.4) is 0 Å². The van der Waals surface area contributed by atoms with Crippen LogP contribution < -0.4 is 0 Å². The Morgan fingerprint density at radius 1 is 1.14 bits per heavy atom. The zero-order valence-electron chi connectivity index (χ0n) is 11.8. The standard InChI is InChI=1S/C17H16N2O2/c1-12-6-2-3-7-13(12)10-16-18-14-8-4-5-9-15(14)19(16)11-17(20)21/h2-9H,10-11H2,1H3,(H,20,21). The minimum Gasteiger partial charge on any atom is -0.480 e. The molecule has 0 saturated heterocycles. The topological polar surface area (TPSA) is 55.1 Å². The third kappa shape index (κ3) is 2.65. The number of rotatable bonds is 4. The van der Waals surface area contributed by atoms with Crippen LogP contribution in [0.1, 0.15) is 17.0 Å². The Morgan fingerprint density at radius 3 is 2.62 bits per heavy atom. The number of nitrogens with zero attached hydrogens (tertiary/aromatic N) is 2. The largest absolute Gasteiger partial charge is 0.480 e. The Kier molecular flexibility index (Phi) is 3.44.